The smallest absolute Gasteiger partial charge is 0.360 e. The van der Waals surface area contributed by atoms with Crippen LogP contribution in [0.1, 0.15) is 38.2 Å². The minimum Gasteiger partial charge on any atom is -0.360 e. The summed E-state index contributed by atoms with van der Waals surface area (Å²) in [6.07, 6.45) is 1.50. The second-order valence-corrected chi connectivity index (χ2v) is 8.88. The van der Waals surface area contributed by atoms with Crippen molar-refractivity contribution < 1.29 is 18.0 Å². The first kappa shape index (κ1) is 22.5. The summed E-state index contributed by atoms with van der Waals surface area (Å²) in [5, 5.41) is 6.07. The van der Waals surface area contributed by atoms with E-state index >= 15 is 0 Å². The lowest BCUT2D eigenvalue weighted by Gasteiger charge is -2.46. The van der Waals surface area contributed by atoms with Crippen LogP contribution in [-0.2, 0) is 11.0 Å². The molecule has 172 valence electrons. The number of rotatable bonds is 6. The molecular formula is C23H28F3N5O. The number of carbonyl (C=O) groups excluding carboxylic acids is 1. The van der Waals surface area contributed by atoms with Crippen molar-refractivity contribution in [1.29, 1.82) is 0 Å². The quantitative estimate of drug-likeness (QED) is 0.656. The van der Waals surface area contributed by atoms with Gasteiger partial charge in [-0.3, -0.25) is 9.69 Å². The van der Waals surface area contributed by atoms with Gasteiger partial charge in [-0.25, -0.2) is 9.97 Å². The second kappa shape index (κ2) is 9.05. The highest BCUT2D eigenvalue weighted by atomic mass is 19.4. The number of fused-ring (bicyclic) bond motifs is 1. The number of aromatic nitrogens is 2. The fourth-order valence-corrected chi connectivity index (χ4v) is 4.65. The van der Waals surface area contributed by atoms with Gasteiger partial charge in [-0.15, -0.1) is 0 Å². The Morgan fingerprint density at radius 3 is 2.56 bits per heavy atom. The van der Waals surface area contributed by atoms with E-state index in [9.17, 15) is 18.0 Å². The van der Waals surface area contributed by atoms with Crippen LogP contribution in [0.5, 0.6) is 0 Å². The number of carbonyl (C=O) groups is 1. The van der Waals surface area contributed by atoms with Gasteiger partial charge in [0.2, 0.25) is 5.91 Å². The van der Waals surface area contributed by atoms with Crippen molar-refractivity contribution in [3.63, 3.8) is 0 Å². The van der Waals surface area contributed by atoms with Crippen molar-refractivity contribution in [2.45, 2.75) is 50.9 Å². The van der Waals surface area contributed by atoms with Crippen LogP contribution in [0.2, 0.25) is 0 Å². The van der Waals surface area contributed by atoms with Crippen molar-refractivity contribution in [3.8, 4) is 0 Å². The average molecular weight is 448 g/mol. The lowest BCUT2D eigenvalue weighted by atomic mass is 9.81. The monoisotopic (exact) mass is 447 g/mol. The highest BCUT2D eigenvalue weighted by molar-refractivity contribution is 5.91. The normalized spacial score (nSPS) is 22.4. The van der Waals surface area contributed by atoms with Crippen LogP contribution < -0.4 is 10.6 Å². The first-order valence-corrected chi connectivity index (χ1v) is 11.0. The Bertz CT molecular complexity index is 995. The Kier molecular flexibility index (Phi) is 6.37. The molecule has 32 heavy (non-hydrogen) atoms. The number of allylic oxidation sites excluding steroid dienone is 1. The molecule has 9 heteroatoms. The third-order valence-corrected chi connectivity index (χ3v) is 6.56. The van der Waals surface area contributed by atoms with Gasteiger partial charge in [0.1, 0.15) is 12.1 Å². The number of alkyl halides is 3. The Labute approximate surface area is 185 Å². The summed E-state index contributed by atoms with van der Waals surface area (Å²) < 4.78 is 39.1. The van der Waals surface area contributed by atoms with E-state index in [-0.39, 0.29) is 29.7 Å². The highest BCUT2D eigenvalue weighted by Crippen LogP contribution is 2.34. The van der Waals surface area contributed by atoms with Crippen molar-refractivity contribution in [2.75, 3.05) is 25.0 Å². The number of benzene rings is 1. The molecule has 1 aliphatic heterocycles. The summed E-state index contributed by atoms with van der Waals surface area (Å²) in [6, 6.07) is 3.97. The zero-order chi connectivity index (χ0) is 22.9. The first-order valence-electron chi connectivity index (χ1n) is 11.0. The van der Waals surface area contributed by atoms with E-state index < -0.39 is 11.7 Å². The summed E-state index contributed by atoms with van der Waals surface area (Å²) in [4.78, 5) is 22.8. The minimum atomic E-state index is -4.46. The van der Waals surface area contributed by atoms with Crippen LogP contribution in [0.3, 0.4) is 0 Å². The maximum absolute atomic E-state index is 13.0. The topological polar surface area (TPSA) is 70.2 Å². The summed E-state index contributed by atoms with van der Waals surface area (Å²) >= 11 is 0. The molecule has 0 atom stereocenters. The third-order valence-electron chi connectivity index (χ3n) is 6.56. The summed E-state index contributed by atoms with van der Waals surface area (Å²) in [6.45, 7) is 7.78. The average Bonchev–Trinajstić information content (AvgIpc) is 2.73. The number of likely N-dealkylation sites (tertiary alicyclic amines) is 1. The van der Waals surface area contributed by atoms with Crippen molar-refractivity contribution in [2.24, 2.45) is 5.92 Å². The minimum absolute atomic E-state index is 0.0669. The molecule has 4 rings (SSSR count). The Hall–Kier alpha value is -2.68. The Balaban J connectivity index is 1.26. The Morgan fingerprint density at radius 1 is 1.19 bits per heavy atom. The van der Waals surface area contributed by atoms with Gasteiger partial charge in [-0.1, -0.05) is 12.2 Å². The maximum atomic E-state index is 13.0. The lowest BCUT2D eigenvalue weighted by molar-refractivity contribution is -0.137. The zero-order valence-corrected chi connectivity index (χ0v) is 18.1. The molecule has 2 aromatic rings. The maximum Gasteiger partial charge on any atom is 0.416 e. The number of nitrogens with zero attached hydrogens (tertiary/aromatic N) is 3. The molecule has 1 aromatic carbocycles. The van der Waals surface area contributed by atoms with Crippen LogP contribution in [0.15, 0.2) is 36.7 Å². The van der Waals surface area contributed by atoms with Crippen molar-refractivity contribution >= 4 is 22.6 Å². The molecule has 2 fully saturated rings. The highest BCUT2D eigenvalue weighted by Gasteiger charge is 2.35. The predicted molar refractivity (Wildman–Crippen MR) is 117 cm³/mol. The first-order chi connectivity index (χ1) is 15.2. The van der Waals surface area contributed by atoms with Gasteiger partial charge in [-0.05, 0) is 56.7 Å². The van der Waals surface area contributed by atoms with Crippen LogP contribution in [-0.4, -0.2) is 52.5 Å². The molecule has 0 radical (unpaired) electrons. The predicted octanol–water partition coefficient (Wildman–Crippen LogP) is 4.00. The van der Waals surface area contributed by atoms with E-state index in [1.807, 2.05) is 0 Å². The molecular weight excluding hydrogens is 419 g/mol. The zero-order valence-electron chi connectivity index (χ0n) is 18.1. The largest absolute Gasteiger partial charge is 0.416 e. The van der Waals surface area contributed by atoms with E-state index in [0.29, 0.717) is 17.5 Å². The van der Waals surface area contributed by atoms with Crippen molar-refractivity contribution in [3.05, 3.63) is 42.2 Å². The number of anilines is 1. The van der Waals surface area contributed by atoms with Crippen molar-refractivity contribution in [1.82, 2.24) is 20.2 Å². The molecule has 2 N–H and O–H groups in total. The van der Waals surface area contributed by atoms with Crippen LogP contribution in [0.4, 0.5) is 19.0 Å². The fraction of sp³-hybridized carbons (Fsp3) is 0.522. The molecule has 1 saturated carbocycles. The van der Waals surface area contributed by atoms with E-state index in [0.717, 1.165) is 25.2 Å². The van der Waals surface area contributed by atoms with E-state index in [1.54, 1.807) is 0 Å². The molecule has 0 unspecified atom stereocenters. The molecule has 2 aliphatic rings. The van der Waals surface area contributed by atoms with Crippen LogP contribution in [0, 0.1) is 5.92 Å². The number of hydrogen-bond donors (Lipinski definition) is 2. The molecule has 1 saturated heterocycles. The summed E-state index contributed by atoms with van der Waals surface area (Å²) in [7, 11) is 0. The fourth-order valence-electron chi connectivity index (χ4n) is 4.65. The van der Waals surface area contributed by atoms with Gasteiger partial charge in [-0.2, -0.15) is 13.2 Å². The van der Waals surface area contributed by atoms with Gasteiger partial charge >= 0.3 is 6.18 Å². The molecule has 0 bridgehead atoms. The van der Waals surface area contributed by atoms with Gasteiger partial charge in [0.05, 0.1) is 23.7 Å². The molecule has 1 aliphatic carbocycles. The van der Waals surface area contributed by atoms with Crippen LogP contribution >= 0.6 is 0 Å². The van der Waals surface area contributed by atoms with Gasteiger partial charge in [0.25, 0.3) is 0 Å². The molecule has 6 nitrogen and oxygen atoms in total. The summed E-state index contributed by atoms with van der Waals surface area (Å²) in [5.41, 5.74) is 0.877. The standard InChI is InChI=1S/C23H28F3N5O/c1-14(2)15-3-6-18(7-4-15)31-11-17(12-31)30-21(32)10-27-22-19-9-16(23(24,25)26)5-8-20(19)28-13-29-22/h5,8-9,13,15,17-18H,1,3-4,6-7,10-12H2,2H3,(H,30,32)(H,27,28,29)/t15-,18-. The summed E-state index contributed by atoms with van der Waals surface area (Å²) in [5.74, 6) is 0.638. The van der Waals surface area contributed by atoms with Gasteiger partial charge in [0.15, 0.2) is 0 Å². The third kappa shape index (κ3) is 5.03. The Morgan fingerprint density at radius 2 is 1.91 bits per heavy atom. The molecule has 0 spiro atoms. The number of hydrogen-bond acceptors (Lipinski definition) is 5. The van der Waals surface area contributed by atoms with E-state index in [2.05, 4.69) is 39.0 Å². The SMILES string of the molecule is C=C(C)[C@H]1CC[C@H](N2CC(NC(=O)CNc3ncnc4ccc(C(F)(F)F)cc34)C2)CC1. The molecule has 1 aromatic heterocycles. The number of halogens is 3. The number of amides is 1. The van der Waals surface area contributed by atoms with Gasteiger partial charge < -0.3 is 10.6 Å². The van der Waals surface area contributed by atoms with E-state index in [1.165, 1.54) is 43.7 Å². The van der Waals surface area contributed by atoms with Gasteiger partial charge in [0, 0.05) is 24.5 Å². The molecule has 2 heterocycles. The second-order valence-electron chi connectivity index (χ2n) is 8.88. The number of nitrogens with one attached hydrogen (secondary N) is 2. The lowest BCUT2D eigenvalue weighted by Crippen LogP contribution is -2.63. The molecule has 1 amide bonds. The van der Waals surface area contributed by atoms with Crippen LogP contribution in [0.25, 0.3) is 10.9 Å². The van der Waals surface area contributed by atoms with E-state index in [4.69, 9.17) is 0 Å².